The lowest BCUT2D eigenvalue weighted by molar-refractivity contribution is 0.284. The molecule has 0 unspecified atom stereocenters. The molecule has 134 valence electrons. The van der Waals surface area contributed by atoms with E-state index in [9.17, 15) is 0 Å². The van der Waals surface area contributed by atoms with Crippen molar-refractivity contribution in [1.82, 2.24) is 5.32 Å². The predicted octanol–water partition coefficient (Wildman–Crippen LogP) is 5.22. The van der Waals surface area contributed by atoms with Gasteiger partial charge >= 0.3 is 0 Å². The molecule has 0 radical (unpaired) electrons. The lowest BCUT2D eigenvalue weighted by Crippen LogP contribution is -2.12. The number of halogens is 1. The molecular weight excluding hydrogens is 346 g/mol. The monoisotopic (exact) mass is 367 g/mol. The van der Waals surface area contributed by atoms with Crippen molar-refractivity contribution in [3.8, 4) is 11.5 Å². The number of methoxy groups -OCH3 is 1. The van der Waals surface area contributed by atoms with Gasteiger partial charge in [0, 0.05) is 18.1 Å². The van der Waals surface area contributed by atoms with E-state index in [1.165, 1.54) is 5.56 Å². The second kappa shape index (κ2) is 9.27. The van der Waals surface area contributed by atoms with Crippen molar-refractivity contribution in [2.75, 3.05) is 7.11 Å². The summed E-state index contributed by atoms with van der Waals surface area (Å²) in [6.45, 7) is 2.07. The summed E-state index contributed by atoms with van der Waals surface area (Å²) in [5.41, 5.74) is 3.48. The van der Waals surface area contributed by atoms with Gasteiger partial charge in [0.25, 0.3) is 0 Å². The van der Waals surface area contributed by atoms with Crippen molar-refractivity contribution in [2.24, 2.45) is 0 Å². The van der Waals surface area contributed by atoms with E-state index in [1.807, 2.05) is 54.6 Å². The standard InChI is InChI=1S/C22H22ClNO2/c1-25-22-13-19(15-24-14-17-5-3-2-4-6-17)9-12-21(22)26-16-18-7-10-20(23)11-8-18/h2-13,24H,14-16H2,1H3. The smallest absolute Gasteiger partial charge is 0.161 e. The highest BCUT2D eigenvalue weighted by Gasteiger charge is 2.06. The minimum absolute atomic E-state index is 0.471. The molecule has 3 rings (SSSR count). The molecule has 0 atom stereocenters. The quantitative estimate of drug-likeness (QED) is 0.592. The van der Waals surface area contributed by atoms with E-state index < -0.39 is 0 Å². The van der Waals surface area contributed by atoms with Crippen LogP contribution in [0.25, 0.3) is 0 Å². The topological polar surface area (TPSA) is 30.5 Å². The third-order valence-electron chi connectivity index (χ3n) is 4.04. The minimum atomic E-state index is 0.471. The van der Waals surface area contributed by atoms with Crippen LogP contribution in [0, 0.1) is 0 Å². The molecular formula is C22H22ClNO2. The highest BCUT2D eigenvalue weighted by Crippen LogP contribution is 2.29. The number of rotatable bonds is 8. The molecule has 4 heteroatoms. The van der Waals surface area contributed by atoms with Crippen LogP contribution < -0.4 is 14.8 Å². The Balaban J connectivity index is 1.57. The zero-order chi connectivity index (χ0) is 18.2. The molecule has 3 nitrogen and oxygen atoms in total. The first kappa shape index (κ1) is 18.3. The van der Waals surface area contributed by atoms with Crippen LogP contribution in [0.4, 0.5) is 0 Å². The molecule has 3 aromatic carbocycles. The highest BCUT2D eigenvalue weighted by molar-refractivity contribution is 6.30. The van der Waals surface area contributed by atoms with Crippen molar-refractivity contribution in [3.63, 3.8) is 0 Å². The van der Waals surface area contributed by atoms with Crippen molar-refractivity contribution < 1.29 is 9.47 Å². The van der Waals surface area contributed by atoms with Crippen molar-refractivity contribution in [1.29, 1.82) is 0 Å². The molecule has 0 bridgehead atoms. The summed E-state index contributed by atoms with van der Waals surface area (Å²) in [5.74, 6) is 1.47. The largest absolute Gasteiger partial charge is 0.493 e. The van der Waals surface area contributed by atoms with E-state index in [0.29, 0.717) is 6.61 Å². The highest BCUT2D eigenvalue weighted by atomic mass is 35.5. The molecule has 26 heavy (non-hydrogen) atoms. The Hall–Kier alpha value is -2.49. The van der Waals surface area contributed by atoms with Crippen LogP contribution in [0.1, 0.15) is 16.7 Å². The molecule has 0 aliphatic heterocycles. The normalized spacial score (nSPS) is 10.5. The molecule has 0 fully saturated rings. The van der Waals surface area contributed by atoms with Crippen molar-refractivity contribution >= 4 is 11.6 Å². The maximum absolute atomic E-state index is 5.91. The van der Waals surface area contributed by atoms with Gasteiger partial charge in [-0.1, -0.05) is 60.1 Å². The van der Waals surface area contributed by atoms with Crippen molar-refractivity contribution in [2.45, 2.75) is 19.7 Å². The second-order valence-electron chi connectivity index (χ2n) is 5.99. The molecule has 1 N–H and O–H groups in total. The van der Waals surface area contributed by atoms with Crippen LogP contribution in [-0.2, 0) is 19.7 Å². The number of hydrogen-bond acceptors (Lipinski definition) is 3. The summed E-state index contributed by atoms with van der Waals surface area (Å²) in [6.07, 6.45) is 0. The maximum atomic E-state index is 5.91. The molecule has 0 heterocycles. The fraction of sp³-hybridized carbons (Fsp3) is 0.182. The molecule has 0 amide bonds. The van der Waals surface area contributed by atoms with Gasteiger partial charge in [0.05, 0.1) is 7.11 Å². The van der Waals surface area contributed by atoms with Crippen LogP contribution in [0.3, 0.4) is 0 Å². The first-order valence-electron chi connectivity index (χ1n) is 8.53. The van der Waals surface area contributed by atoms with E-state index in [0.717, 1.165) is 40.7 Å². The van der Waals surface area contributed by atoms with Gasteiger partial charge in [-0.05, 0) is 41.0 Å². The second-order valence-corrected chi connectivity index (χ2v) is 6.43. The molecule has 0 aliphatic carbocycles. The van der Waals surface area contributed by atoms with E-state index in [4.69, 9.17) is 21.1 Å². The average molecular weight is 368 g/mol. The van der Waals surface area contributed by atoms with Crippen LogP contribution in [0.2, 0.25) is 5.02 Å². The summed E-state index contributed by atoms with van der Waals surface area (Å²) in [6, 6.07) is 24.0. The van der Waals surface area contributed by atoms with Gasteiger partial charge in [-0.25, -0.2) is 0 Å². The predicted molar refractivity (Wildman–Crippen MR) is 106 cm³/mol. The summed E-state index contributed by atoms with van der Waals surface area (Å²) >= 11 is 5.91. The van der Waals surface area contributed by atoms with Gasteiger partial charge in [-0.3, -0.25) is 0 Å². The van der Waals surface area contributed by atoms with Gasteiger partial charge in [0.1, 0.15) is 6.61 Å². The molecule has 0 aromatic heterocycles. The van der Waals surface area contributed by atoms with Gasteiger partial charge in [0.2, 0.25) is 0 Å². The van der Waals surface area contributed by atoms with Gasteiger partial charge in [-0.15, -0.1) is 0 Å². The van der Waals surface area contributed by atoms with E-state index in [1.54, 1.807) is 7.11 Å². The molecule has 0 saturated heterocycles. The summed E-state index contributed by atoms with van der Waals surface area (Å²) < 4.78 is 11.4. The lowest BCUT2D eigenvalue weighted by atomic mass is 10.2. The van der Waals surface area contributed by atoms with Crippen LogP contribution >= 0.6 is 11.6 Å². The average Bonchev–Trinajstić information content (AvgIpc) is 2.69. The van der Waals surface area contributed by atoms with Crippen LogP contribution in [0.15, 0.2) is 72.8 Å². The van der Waals surface area contributed by atoms with E-state index >= 15 is 0 Å². The summed E-state index contributed by atoms with van der Waals surface area (Å²) in [5, 5.41) is 4.16. The van der Waals surface area contributed by atoms with Gasteiger partial charge in [0.15, 0.2) is 11.5 Å². The SMILES string of the molecule is COc1cc(CNCc2ccccc2)ccc1OCc1ccc(Cl)cc1. The Labute approximate surface area is 159 Å². The number of ether oxygens (including phenoxy) is 2. The first-order valence-corrected chi connectivity index (χ1v) is 8.91. The Morgan fingerprint density at radius 1 is 0.769 bits per heavy atom. The zero-order valence-corrected chi connectivity index (χ0v) is 15.5. The molecule has 0 aliphatic rings. The zero-order valence-electron chi connectivity index (χ0n) is 14.7. The van der Waals surface area contributed by atoms with E-state index in [-0.39, 0.29) is 0 Å². The lowest BCUT2D eigenvalue weighted by Gasteiger charge is -2.13. The van der Waals surface area contributed by atoms with Crippen LogP contribution in [-0.4, -0.2) is 7.11 Å². The Bertz CT molecular complexity index is 819. The fourth-order valence-electron chi connectivity index (χ4n) is 2.63. The molecule has 3 aromatic rings. The van der Waals surface area contributed by atoms with Gasteiger partial charge < -0.3 is 14.8 Å². The molecule has 0 spiro atoms. The third kappa shape index (κ3) is 5.25. The van der Waals surface area contributed by atoms with Crippen LogP contribution in [0.5, 0.6) is 11.5 Å². The number of benzene rings is 3. The van der Waals surface area contributed by atoms with E-state index in [2.05, 4.69) is 23.5 Å². The summed E-state index contributed by atoms with van der Waals surface area (Å²) in [4.78, 5) is 0. The Morgan fingerprint density at radius 3 is 2.19 bits per heavy atom. The Kier molecular flexibility index (Phi) is 6.53. The van der Waals surface area contributed by atoms with Crippen molar-refractivity contribution in [3.05, 3.63) is 94.5 Å². The Morgan fingerprint density at radius 2 is 1.46 bits per heavy atom. The summed E-state index contributed by atoms with van der Waals surface area (Å²) in [7, 11) is 1.66. The minimum Gasteiger partial charge on any atom is -0.493 e. The fourth-order valence-corrected chi connectivity index (χ4v) is 2.76. The number of nitrogens with one attached hydrogen (secondary N) is 1. The molecule has 0 saturated carbocycles. The number of hydrogen-bond donors (Lipinski definition) is 1. The maximum Gasteiger partial charge on any atom is 0.161 e. The first-order chi connectivity index (χ1) is 12.7. The van der Waals surface area contributed by atoms with Gasteiger partial charge in [-0.2, -0.15) is 0 Å². The third-order valence-corrected chi connectivity index (χ3v) is 4.29.